The van der Waals surface area contributed by atoms with E-state index in [9.17, 15) is 14.0 Å². The molecular formula is C20H16FN3O2. The lowest BCUT2D eigenvalue weighted by Crippen LogP contribution is -2.12. The van der Waals surface area contributed by atoms with E-state index in [1.54, 1.807) is 30.3 Å². The summed E-state index contributed by atoms with van der Waals surface area (Å²) in [6, 6.07) is 15.9. The minimum atomic E-state index is -0.469. The molecule has 0 unspecified atom stereocenters. The maximum absolute atomic E-state index is 13.2. The van der Waals surface area contributed by atoms with Crippen molar-refractivity contribution in [2.45, 2.75) is 6.92 Å². The molecule has 0 saturated carbocycles. The Morgan fingerprint density at radius 1 is 0.923 bits per heavy atom. The number of benzene rings is 2. The third kappa shape index (κ3) is 4.30. The molecule has 0 radical (unpaired) electrons. The molecule has 1 aromatic heterocycles. The molecule has 0 spiro atoms. The number of hydrogen-bond donors (Lipinski definition) is 2. The van der Waals surface area contributed by atoms with E-state index in [1.165, 1.54) is 37.4 Å². The van der Waals surface area contributed by atoms with Crippen LogP contribution in [0.15, 0.2) is 66.9 Å². The van der Waals surface area contributed by atoms with Crippen molar-refractivity contribution in [1.82, 2.24) is 4.98 Å². The van der Waals surface area contributed by atoms with Gasteiger partial charge in [-0.1, -0.05) is 18.2 Å². The van der Waals surface area contributed by atoms with Gasteiger partial charge in [-0.15, -0.1) is 0 Å². The zero-order chi connectivity index (χ0) is 18.5. The third-order valence-corrected chi connectivity index (χ3v) is 3.65. The van der Waals surface area contributed by atoms with E-state index in [2.05, 4.69) is 15.6 Å². The van der Waals surface area contributed by atoms with Gasteiger partial charge in [0.25, 0.3) is 5.91 Å². The summed E-state index contributed by atoms with van der Waals surface area (Å²) in [6.07, 6.45) is 1.49. The van der Waals surface area contributed by atoms with E-state index in [1.807, 2.05) is 6.07 Å². The molecule has 3 rings (SSSR count). The maximum Gasteiger partial charge on any atom is 0.255 e. The largest absolute Gasteiger partial charge is 0.340 e. The molecule has 2 N–H and O–H groups in total. The summed E-state index contributed by atoms with van der Waals surface area (Å²) in [6.45, 7) is 1.51. The Morgan fingerprint density at radius 2 is 1.69 bits per heavy atom. The first kappa shape index (κ1) is 17.3. The number of pyridine rings is 1. The van der Waals surface area contributed by atoms with E-state index in [4.69, 9.17) is 0 Å². The maximum atomic E-state index is 13.2. The number of carbonyl (C=O) groups excluding carboxylic acids is 2. The highest BCUT2D eigenvalue weighted by molar-refractivity contribution is 6.04. The highest BCUT2D eigenvalue weighted by Gasteiger charge is 2.07. The first-order valence-electron chi connectivity index (χ1n) is 7.92. The van der Waals surface area contributed by atoms with Gasteiger partial charge in [-0.05, 0) is 49.4 Å². The zero-order valence-corrected chi connectivity index (χ0v) is 14.0. The number of halogens is 1. The van der Waals surface area contributed by atoms with Gasteiger partial charge in [-0.2, -0.15) is 0 Å². The summed E-state index contributed by atoms with van der Waals surface area (Å²) in [4.78, 5) is 27.7. The van der Waals surface area contributed by atoms with Crippen LogP contribution in [-0.4, -0.2) is 16.7 Å². The molecular weight excluding hydrogens is 333 g/mol. The van der Waals surface area contributed by atoms with Crippen LogP contribution in [0.25, 0.3) is 0 Å². The fourth-order valence-electron chi connectivity index (χ4n) is 2.34. The van der Waals surface area contributed by atoms with Gasteiger partial charge >= 0.3 is 0 Å². The predicted octanol–water partition coefficient (Wildman–Crippen LogP) is 4.42. The summed E-state index contributed by atoms with van der Waals surface area (Å²) < 4.78 is 13.2. The minimum absolute atomic E-state index is 0.0166. The molecule has 0 bridgehead atoms. The Balaban J connectivity index is 1.68. The monoisotopic (exact) mass is 349 g/mol. The second-order valence-electron chi connectivity index (χ2n) is 5.66. The minimum Gasteiger partial charge on any atom is -0.340 e. The van der Waals surface area contributed by atoms with E-state index >= 15 is 0 Å². The molecule has 26 heavy (non-hydrogen) atoms. The quantitative estimate of drug-likeness (QED) is 0.669. The number of ketones is 1. The van der Waals surface area contributed by atoms with Gasteiger partial charge in [-0.25, -0.2) is 9.37 Å². The topological polar surface area (TPSA) is 71.1 Å². The summed E-state index contributed by atoms with van der Waals surface area (Å²) in [7, 11) is 0. The van der Waals surface area contributed by atoms with Crippen LogP contribution in [0.1, 0.15) is 27.6 Å². The number of nitrogens with zero attached hydrogens (tertiary/aromatic N) is 1. The van der Waals surface area contributed by atoms with Gasteiger partial charge in [0.2, 0.25) is 0 Å². The van der Waals surface area contributed by atoms with Gasteiger partial charge < -0.3 is 10.6 Å². The van der Waals surface area contributed by atoms with Crippen molar-refractivity contribution < 1.29 is 14.0 Å². The fraction of sp³-hybridized carbons (Fsp3) is 0.0500. The highest BCUT2D eigenvalue weighted by Crippen LogP contribution is 2.18. The number of aromatic nitrogens is 1. The summed E-state index contributed by atoms with van der Waals surface area (Å²) in [5.74, 6) is -0.337. The Bertz CT molecular complexity index is 955. The molecule has 0 aliphatic carbocycles. The smallest absolute Gasteiger partial charge is 0.255 e. The molecule has 6 heteroatoms. The second-order valence-corrected chi connectivity index (χ2v) is 5.66. The van der Waals surface area contributed by atoms with Gasteiger partial charge in [0.05, 0.1) is 11.9 Å². The Morgan fingerprint density at radius 3 is 2.38 bits per heavy atom. The van der Waals surface area contributed by atoms with E-state index in [-0.39, 0.29) is 11.3 Å². The Kier molecular flexibility index (Phi) is 5.03. The molecule has 3 aromatic rings. The van der Waals surface area contributed by atoms with Crippen molar-refractivity contribution in [1.29, 1.82) is 0 Å². The lowest BCUT2D eigenvalue weighted by Gasteiger charge is -2.09. The second kappa shape index (κ2) is 7.57. The number of anilines is 3. The van der Waals surface area contributed by atoms with Crippen LogP contribution in [-0.2, 0) is 0 Å². The fourth-order valence-corrected chi connectivity index (χ4v) is 2.34. The van der Waals surface area contributed by atoms with Crippen LogP contribution >= 0.6 is 0 Å². The van der Waals surface area contributed by atoms with Crippen LogP contribution in [0.3, 0.4) is 0 Å². The van der Waals surface area contributed by atoms with E-state index < -0.39 is 11.7 Å². The van der Waals surface area contributed by atoms with Crippen LogP contribution in [0.5, 0.6) is 0 Å². The van der Waals surface area contributed by atoms with Crippen LogP contribution in [0, 0.1) is 5.82 Å². The summed E-state index contributed by atoms with van der Waals surface area (Å²) >= 11 is 0. The SMILES string of the molecule is CC(=O)c1cccc(Nc2ccc(NC(=O)c3cccc(F)c3)cn2)c1. The number of carbonyl (C=O) groups is 2. The van der Waals surface area contributed by atoms with E-state index in [0.29, 0.717) is 17.1 Å². The first-order chi connectivity index (χ1) is 12.5. The van der Waals surface area contributed by atoms with Gasteiger partial charge in [0.15, 0.2) is 5.78 Å². The van der Waals surface area contributed by atoms with Crippen LogP contribution in [0.4, 0.5) is 21.6 Å². The molecule has 0 atom stereocenters. The molecule has 0 saturated heterocycles. The number of hydrogen-bond acceptors (Lipinski definition) is 4. The lowest BCUT2D eigenvalue weighted by atomic mass is 10.1. The average Bonchev–Trinajstić information content (AvgIpc) is 2.63. The normalized spacial score (nSPS) is 10.2. The van der Waals surface area contributed by atoms with Crippen LogP contribution in [0.2, 0.25) is 0 Å². The van der Waals surface area contributed by atoms with Crippen molar-refractivity contribution in [2.75, 3.05) is 10.6 Å². The van der Waals surface area contributed by atoms with Gasteiger partial charge in [-0.3, -0.25) is 9.59 Å². The zero-order valence-electron chi connectivity index (χ0n) is 14.0. The lowest BCUT2D eigenvalue weighted by molar-refractivity contribution is 0.101. The van der Waals surface area contributed by atoms with E-state index in [0.717, 1.165) is 5.69 Å². The first-order valence-corrected chi connectivity index (χ1v) is 7.92. The van der Waals surface area contributed by atoms with Crippen LogP contribution < -0.4 is 10.6 Å². The third-order valence-electron chi connectivity index (χ3n) is 3.65. The van der Waals surface area contributed by atoms with Gasteiger partial charge in [0, 0.05) is 16.8 Å². The summed E-state index contributed by atoms with van der Waals surface area (Å²) in [5.41, 5.74) is 2.06. The predicted molar refractivity (Wildman–Crippen MR) is 98.3 cm³/mol. The molecule has 1 heterocycles. The molecule has 2 aromatic carbocycles. The molecule has 130 valence electrons. The van der Waals surface area contributed by atoms with Gasteiger partial charge in [0.1, 0.15) is 11.6 Å². The van der Waals surface area contributed by atoms with Crippen molar-refractivity contribution >= 4 is 28.9 Å². The molecule has 0 aliphatic rings. The molecule has 0 fully saturated rings. The molecule has 5 nitrogen and oxygen atoms in total. The Labute approximate surface area is 149 Å². The number of Topliss-reactive ketones (excluding diaryl/α,β-unsaturated/α-hetero) is 1. The highest BCUT2D eigenvalue weighted by atomic mass is 19.1. The standard InChI is InChI=1S/C20H16FN3O2/c1-13(25)14-4-3-7-17(11-14)23-19-9-8-18(12-22-19)24-20(26)15-5-2-6-16(21)10-15/h2-12H,1H3,(H,22,23)(H,24,26). The number of rotatable bonds is 5. The van der Waals surface area contributed by atoms with Crippen molar-refractivity contribution in [2.24, 2.45) is 0 Å². The molecule has 0 aliphatic heterocycles. The number of nitrogens with one attached hydrogen (secondary N) is 2. The molecule has 1 amide bonds. The van der Waals surface area contributed by atoms with Crippen molar-refractivity contribution in [3.8, 4) is 0 Å². The Hall–Kier alpha value is -3.54. The average molecular weight is 349 g/mol. The van der Waals surface area contributed by atoms with Crippen molar-refractivity contribution in [3.05, 3.63) is 83.8 Å². The number of amides is 1. The van der Waals surface area contributed by atoms with Crippen molar-refractivity contribution in [3.63, 3.8) is 0 Å². The summed E-state index contributed by atoms with van der Waals surface area (Å²) in [5, 5.41) is 5.75.